The van der Waals surface area contributed by atoms with Gasteiger partial charge in [-0.15, -0.1) is 24.0 Å². The Hall–Kier alpha value is -0.940. The summed E-state index contributed by atoms with van der Waals surface area (Å²) in [6, 6.07) is 11.8. The van der Waals surface area contributed by atoms with Gasteiger partial charge in [0.05, 0.1) is 25.3 Å². The molecule has 0 spiro atoms. The molecule has 5 fully saturated rings. The molecule has 5 aliphatic rings. The Morgan fingerprint density at radius 2 is 1.87 bits per heavy atom. The highest BCUT2D eigenvalue weighted by Gasteiger charge is 2.41. The summed E-state index contributed by atoms with van der Waals surface area (Å²) in [5.41, 5.74) is 1.38. The van der Waals surface area contributed by atoms with E-state index >= 15 is 0 Å². The maximum atomic E-state index is 6.18. The molecular formula is C23H37IN6O. The molecule has 3 atom stereocenters. The number of morpholine rings is 1. The first-order valence-corrected chi connectivity index (χ1v) is 11.7. The number of nitrogens with one attached hydrogen (secondary N) is 1. The van der Waals surface area contributed by atoms with Gasteiger partial charge < -0.3 is 15.0 Å². The Morgan fingerprint density at radius 3 is 2.58 bits per heavy atom. The minimum absolute atomic E-state index is 0. The van der Waals surface area contributed by atoms with Crippen LogP contribution in [0.5, 0.6) is 0 Å². The lowest BCUT2D eigenvalue weighted by molar-refractivity contribution is -0.0502. The zero-order valence-corrected chi connectivity index (χ0v) is 21.0. The number of nitrogens with zero attached hydrogens (tertiary/aromatic N) is 5. The third-order valence-electron chi connectivity index (χ3n) is 7.12. The molecule has 0 aromatic heterocycles. The van der Waals surface area contributed by atoms with Crippen molar-refractivity contribution in [1.29, 1.82) is 0 Å². The zero-order valence-electron chi connectivity index (χ0n) is 18.7. The Morgan fingerprint density at radius 1 is 1.06 bits per heavy atom. The van der Waals surface area contributed by atoms with Crippen LogP contribution in [0.25, 0.3) is 0 Å². The maximum Gasteiger partial charge on any atom is 0.194 e. The van der Waals surface area contributed by atoms with Crippen LogP contribution in [-0.2, 0) is 11.3 Å². The molecule has 1 N–H and O–H groups in total. The van der Waals surface area contributed by atoms with Gasteiger partial charge in [0.2, 0.25) is 0 Å². The minimum Gasteiger partial charge on any atom is -0.373 e. The van der Waals surface area contributed by atoms with Crippen molar-refractivity contribution in [2.75, 3.05) is 72.1 Å². The lowest BCUT2D eigenvalue weighted by Gasteiger charge is -2.47. The van der Waals surface area contributed by atoms with Gasteiger partial charge in [-0.1, -0.05) is 30.3 Å². The van der Waals surface area contributed by atoms with E-state index < -0.39 is 0 Å². The van der Waals surface area contributed by atoms with Crippen molar-refractivity contribution < 1.29 is 4.74 Å². The highest BCUT2D eigenvalue weighted by Crippen LogP contribution is 2.25. The summed E-state index contributed by atoms with van der Waals surface area (Å²) in [5.74, 6) is 1.06. The van der Waals surface area contributed by atoms with E-state index in [0.29, 0.717) is 12.1 Å². The molecule has 8 heteroatoms. The second kappa shape index (κ2) is 10.8. The fraction of sp³-hybridized carbons (Fsp3) is 0.696. The van der Waals surface area contributed by atoms with Crippen LogP contribution in [0.2, 0.25) is 0 Å². The number of aliphatic imine (C=N–C) groups is 1. The molecule has 5 aliphatic heterocycles. The fourth-order valence-electron chi connectivity index (χ4n) is 5.46. The van der Waals surface area contributed by atoms with Crippen molar-refractivity contribution in [2.45, 2.75) is 31.7 Å². The largest absolute Gasteiger partial charge is 0.373 e. The maximum absolute atomic E-state index is 6.18. The molecule has 7 nitrogen and oxygen atoms in total. The van der Waals surface area contributed by atoms with Gasteiger partial charge in [-0.05, 0) is 12.5 Å². The van der Waals surface area contributed by atoms with Crippen LogP contribution in [0.4, 0.5) is 0 Å². The normalized spacial score (nSPS) is 33.1. The van der Waals surface area contributed by atoms with Crippen LogP contribution in [0.1, 0.15) is 12.5 Å². The molecule has 0 saturated carbocycles. The number of halogens is 1. The number of ether oxygens (including phenoxy) is 1. The van der Waals surface area contributed by atoms with Crippen LogP contribution in [0, 0.1) is 0 Å². The van der Waals surface area contributed by atoms with Gasteiger partial charge in [-0.2, -0.15) is 0 Å². The monoisotopic (exact) mass is 540 g/mol. The molecular weight excluding hydrogens is 503 g/mol. The van der Waals surface area contributed by atoms with Gasteiger partial charge in [-0.3, -0.25) is 19.7 Å². The Labute approximate surface area is 203 Å². The minimum atomic E-state index is 0. The van der Waals surface area contributed by atoms with Crippen molar-refractivity contribution >= 4 is 29.9 Å². The first-order valence-electron chi connectivity index (χ1n) is 11.7. The Balaban J connectivity index is 0.00000231. The van der Waals surface area contributed by atoms with E-state index in [2.05, 4.69) is 62.2 Å². The molecule has 6 rings (SSSR count). The number of fused-ring (bicyclic) bond motifs is 4. The molecule has 0 aliphatic carbocycles. The molecule has 5 heterocycles. The number of likely N-dealkylation sites (tertiary alicyclic amines) is 1. The molecule has 1 aromatic rings. The van der Waals surface area contributed by atoms with Crippen LogP contribution in [-0.4, -0.2) is 116 Å². The summed E-state index contributed by atoms with van der Waals surface area (Å²) in [6.07, 6.45) is 0.270. The van der Waals surface area contributed by atoms with Gasteiger partial charge >= 0.3 is 0 Å². The second-order valence-corrected chi connectivity index (χ2v) is 9.02. The summed E-state index contributed by atoms with van der Waals surface area (Å²) >= 11 is 0. The van der Waals surface area contributed by atoms with Gasteiger partial charge in [0.25, 0.3) is 0 Å². The topological polar surface area (TPSA) is 46.6 Å². The number of hydrogen-bond donors (Lipinski definition) is 1. The van der Waals surface area contributed by atoms with E-state index in [4.69, 9.17) is 9.73 Å². The average Bonchev–Trinajstić information content (AvgIpc) is 3.23. The summed E-state index contributed by atoms with van der Waals surface area (Å²) in [5, 5.41) is 3.55. The average molecular weight is 540 g/mol. The molecule has 31 heavy (non-hydrogen) atoms. The third-order valence-corrected chi connectivity index (χ3v) is 7.12. The van der Waals surface area contributed by atoms with Crippen molar-refractivity contribution in [3.05, 3.63) is 35.9 Å². The lowest BCUT2D eigenvalue weighted by atomic mass is 10.1. The molecule has 1 aromatic carbocycles. The number of rotatable bonds is 5. The fourth-order valence-corrected chi connectivity index (χ4v) is 5.46. The molecule has 2 bridgehead atoms. The number of hydrogen-bond acceptors (Lipinski definition) is 5. The summed E-state index contributed by atoms with van der Waals surface area (Å²) in [6.45, 7) is 14.7. The SMILES string of the molecule is CCNC(=NCC1CN2CCN1CC2)N1CC2OCCN(Cc3ccccc3)C2C1.I. The van der Waals surface area contributed by atoms with E-state index in [0.717, 1.165) is 51.8 Å². The van der Waals surface area contributed by atoms with Crippen molar-refractivity contribution in [2.24, 2.45) is 4.99 Å². The number of guanidine groups is 1. The predicted molar refractivity (Wildman–Crippen MR) is 135 cm³/mol. The first kappa shape index (κ1) is 23.2. The van der Waals surface area contributed by atoms with E-state index in [1.807, 2.05) is 0 Å². The standard InChI is InChI=1S/C23H36N6O.HI/c1-2-24-23(25-14-20-16-26-8-10-27(20)11-9-26)29-17-21-22(18-29)30-13-12-28(21)15-19-6-4-3-5-7-19;/h3-7,20-22H,2,8-18H2,1H3,(H,24,25);1H. The highest BCUT2D eigenvalue weighted by molar-refractivity contribution is 14.0. The summed E-state index contributed by atoms with van der Waals surface area (Å²) in [7, 11) is 0. The predicted octanol–water partition coefficient (Wildman–Crippen LogP) is 1.15. The lowest BCUT2D eigenvalue weighted by Crippen LogP contribution is -2.62. The van der Waals surface area contributed by atoms with Crippen LogP contribution in [0.15, 0.2) is 35.3 Å². The molecule has 0 amide bonds. The smallest absolute Gasteiger partial charge is 0.194 e. The van der Waals surface area contributed by atoms with Gasteiger partial charge in [-0.25, -0.2) is 0 Å². The van der Waals surface area contributed by atoms with Crippen molar-refractivity contribution in [1.82, 2.24) is 24.9 Å². The van der Waals surface area contributed by atoms with Crippen molar-refractivity contribution in [3.8, 4) is 0 Å². The first-order chi connectivity index (χ1) is 14.8. The van der Waals surface area contributed by atoms with E-state index in [1.165, 1.54) is 38.3 Å². The number of benzene rings is 1. The summed E-state index contributed by atoms with van der Waals surface area (Å²) < 4.78 is 6.18. The Kier molecular flexibility index (Phi) is 8.08. The van der Waals surface area contributed by atoms with Crippen LogP contribution < -0.4 is 5.32 Å². The molecule has 5 saturated heterocycles. The third kappa shape index (κ3) is 5.35. The van der Waals surface area contributed by atoms with Crippen LogP contribution in [0.3, 0.4) is 0 Å². The second-order valence-electron chi connectivity index (χ2n) is 9.02. The van der Waals surface area contributed by atoms with Gasteiger partial charge in [0.15, 0.2) is 5.96 Å². The molecule has 0 radical (unpaired) electrons. The summed E-state index contributed by atoms with van der Waals surface area (Å²) in [4.78, 5) is 15.3. The highest BCUT2D eigenvalue weighted by atomic mass is 127. The van der Waals surface area contributed by atoms with Gasteiger partial charge in [0, 0.05) is 71.5 Å². The van der Waals surface area contributed by atoms with Crippen LogP contribution >= 0.6 is 24.0 Å². The van der Waals surface area contributed by atoms with Crippen molar-refractivity contribution in [3.63, 3.8) is 0 Å². The number of piperazine rings is 3. The molecule has 3 unspecified atom stereocenters. The van der Waals surface area contributed by atoms with E-state index in [9.17, 15) is 0 Å². The van der Waals surface area contributed by atoms with Gasteiger partial charge in [0.1, 0.15) is 0 Å². The zero-order chi connectivity index (χ0) is 20.3. The van der Waals surface area contributed by atoms with E-state index in [1.54, 1.807) is 0 Å². The molecule has 172 valence electrons. The Bertz CT molecular complexity index is 726. The quantitative estimate of drug-likeness (QED) is 0.344. The van der Waals surface area contributed by atoms with E-state index in [-0.39, 0.29) is 30.1 Å².